The Morgan fingerprint density at radius 1 is 1.12 bits per heavy atom. The second kappa shape index (κ2) is 3.73. The second-order valence-electron chi connectivity index (χ2n) is 5.69. The van der Waals surface area contributed by atoms with Crippen LogP contribution in [0.15, 0.2) is 24.3 Å². The Bertz CT molecular complexity index is 388. The first-order valence-corrected chi connectivity index (χ1v) is 6.05. The van der Waals surface area contributed by atoms with Crippen molar-refractivity contribution in [1.82, 2.24) is 0 Å². The SMILES string of the molecule is Cc1ccc(C2(C=O)CCCC2(C)C)cc1. The van der Waals surface area contributed by atoms with E-state index < -0.39 is 0 Å². The summed E-state index contributed by atoms with van der Waals surface area (Å²) in [7, 11) is 0. The smallest absolute Gasteiger partial charge is 0.131 e. The molecule has 86 valence electrons. The van der Waals surface area contributed by atoms with Crippen LogP contribution in [0.2, 0.25) is 0 Å². The summed E-state index contributed by atoms with van der Waals surface area (Å²) in [6.07, 6.45) is 4.47. The maximum atomic E-state index is 11.6. The standard InChI is InChI=1S/C15H20O/c1-12-5-7-13(8-6-12)15(11-16)10-4-9-14(15,2)3/h5-8,11H,4,9-10H2,1-3H3. The average molecular weight is 216 g/mol. The van der Waals surface area contributed by atoms with E-state index in [1.54, 1.807) is 0 Å². The zero-order valence-corrected chi connectivity index (χ0v) is 10.4. The Labute approximate surface area is 97.9 Å². The van der Waals surface area contributed by atoms with Crippen LogP contribution in [-0.4, -0.2) is 6.29 Å². The lowest BCUT2D eigenvalue weighted by molar-refractivity contribution is -0.115. The molecule has 1 unspecified atom stereocenters. The highest BCUT2D eigenvalue weighted by molar-refractivity contribution is 5.71. The van der Waals surface area contributed by atoms with Gasteiger partial charge in [-0.25, -0.2) is 0 Å². The molecule has 1 saturated carbocycles. The summed E-state index contributed by atoms with van der Waals surface area (Å²) in [5.41, 5.74) is 2.27. The highest BCUT2D eigenvalue weighted by Crippen LogP contribution is 2.52. The summed E-state index contributed by atoms with van der Waals surface area (Å²) >= 11 is 0. The van der Waals surface area contributed by atoms with Gasteiger partial charge in [0, 0.05) is 0 Å². The lowest BCUT2D eigenvalue weighted by Crippen LogP contribution is -2.38. The van der Waals surface area contributed by atoms with Gasteiger partial charge in [-0.3, -0.25) is 0 Å². The summed E-state index contributed by atoms with van der Waals surface area (Å²) in [6, 6.07) is 8.46. The number of aldehydes is 1. The molecule has 1 atom stereocenters. The van der Waals surface area contributed by atoms with Gasteiger partial charge >= 0.3 is 0 Å². The van der Waals surface area contributed by atoms with Gasteiger partial charge in [-0.05, 0) is 30.7 Å². The topological polar surface area (TPSA) is 17.1 Å². The molecular weight excluding hydrogens is 196 g/mol. The van der Waals surface area contributed by atoms with Crippen LogP contribution in [0.3, 0.4) is 0 Å². The molecule has 0 aliphatic heterocycles. The van der Waals surface area contributed by atoms with Crippen LogP contribution < -0.4 is 0 Å². The number of carbonyl (C=O) groups is 1. The molecule has 0 amide bonds. The lowest BCUT2D eigenvalue weighted by atomic mass is 9.65. The van der Waals surface area contributed by atoms with Crippen LogP contribution in [0.25, 0.3) is 0 Å². The van der Waals surface area contributed by atoms with Gasteiger partial charge in [0.05, 0.1) is 5.41 Å². The van der Waals surface area contributed by atoms with E-state index in [2.05, 4.69) is 45.0 Å². The van der Waals surface area contributed by atoms with Crippen LogP contribution in [0.1, 0.15) is 44.2 Å². The fourth-order valence-electron chi connectivity index (χ4n) is 3.04. The van der Waals surface area contributed by atoms with Gasteiger partial charge < -0.3 is 4.79 Å². The highest BCUT2D eigenvalue weighted by atomic mass is 16.1. The molecule has 0 bridgehead atoms. The van der Waals surface area contributed by atoms with Crippen molar-refractivity contribution in [2.75, 3.05) is 0 Å². The molecule has 0 N–H and O–H groups in total. The van der Waals surface area contributed by atoms with E-state index in [0.717, 1.165) is 19.3 Å². The Morgan fingerprint density at radius 2 is 1.75 bits per heavy atom. The molecule has 16 heavy (non-hydrogen) atoms. The second-order valence-corrected chi connectivity index (χ2v) is 5.69. The van der Waals surface area contributed by atoms with Crippen molar-refractivity contribution >= 4 is 6.29 Å². The van der Waals surface area contributed by atoms with Crippen molar-refractivity contribution in [3.63, 3.8) is 0 Å². The van der Waals surface area contributed by atoms with Crippen molar-refractivity contribution in [3.8, 4) is 0 Å². The molecule has 1 aromatic carbocycles. The molecule has 1 aliphatic rings. The van der Waals surface area contributed by atoms with Gasteiger partial charge in [0.1, 0.15) is 6.29 Å². The minimum absolute atomic E-state index is 0.0873. The van der Waals surface area contributed by atoms with Crippen LogP contribution in [-0.2, 0) is 10.2 Å². The predicted octanol–water partition coefficient (Wildman–Crippen LogP) is 3.64. The summed E-state index contributed by atoms with van der Waals surface area (Å²) in [5.74, 6) is 0. The van der Waals surface area contributed by atoms with E-state index >= 15 is 0 Å². The fourth-order valence-corrected chi connectivity index (χ4v) is 3.04. The summed E-state index contributed by atoms with van der Waals surface area (Å²) < 4.78 is 0. The van der Waals surface area contributed by atoms with E-state index in [1.807, 2.05) is 0 Å². The first kappa shape index (κ1) is 11.4. The van der Waals surface area contributed by atoms with E-state index in [0.29, 0.717) is 0 Å². The largest absolute Gasteiger partial charge is 0.302 e. The predicted molar refractivity (Wildman–Crippen MR) is 66.6 cm³/mol. The van der Waals surface area contributed by atoms with E-state index in [4.69, 9.17) is 0 Å². The van der Waals surface area contributed by atoms with Crippen LogP contribution >= 0.6 is 0 Å². The molecule has 1 heteroatoms. The highest BCUT2D eigenvalue weighted by Gasteiger charge is 2.49. The van der Waals surface area contributed by atoms with E-state index in [1.165, 1.54) is 17.4 Å². The maximum absolute atomic E-state index is 11.6. The van der Waals surface area contributed by atoms with Crippen LogP contribution in [0.5, 0.6) is 0 Å². The van der Waals surface area contributed by atoms with Gasteiger partial charge in [0.2, 0.25) is 0 Å². The van der Waals surface area contributed by atoms with Crippen LogP contribution in [0, 0.1) is 12.3 Å². The molecule has 1 aromatic rings. The minimum Gasteiger partial charge on any atom is -0.302 e. The average Bonchev–Trinajstić information content (AvgIpc) is 2.55. The first-order chi connectivity index (χ1) is 7.52. The summed E-state index contributed by atoms with van der Waals surface area (Å²) in [4.78, 5) is 11.6. The van der Waals surface area contributed by atoms with Crippen molar-refractivity contribution in [2.45, 2.75) is 45.4 Å². The minimum atomic E-state index is -0.263. The van der Waals surface area contributed by atoms with Gasteiger partial charge in [-0.15, -0.1) is 0 Å². The van der Waals surface area contributed by atoms with Gasteiger partial charge in [-0.1, -0.05) is 50.1 Å². The Morgan fingerprint density at radius 3 is 2.19 bits per heavy atom. The van der Waals surface area contributed by atoms with Crippen LogP contribution in [0.4, 0.5) is 0 Å². The fraction of sp³-hybridized carbons (Fsp3) is 0.533. The summed E-state index contributed by atoms with van der Waals surface area (Å²) in [5, 5.41) is 0. The third-order valence-corrected chi connectivity index (χ3v) is 4.35. The third kappa shape index (κ3) is 1.50. The van der Waals surface area contributed by atoms with Crippen molar-refractivity contribution in [3.05, 3.63) is 35.4 Å². The van der Waals surface area contributed by atoms with Crippen molar-refractivity contribution in [1.29, 1.82) is 0 Å². The van der Waals surface area contributed by atoms with E-state index in [9.17, 15) is 4.79 Å². The van der Waals surface area contributed by atoms with Crippen molar-refractivity contribution < 1.29 is 4.79 Å². The van der Waals surface area contributed by atoms with Crippen molar-refractivity contribution in [2.24, 2.45) is 5.41 Å². The van der Waals surface area contributed by atoms with Gasteiger partial charge in [0.25, 0.3) is 0 Å². The Balaban J connectivity index is 2.50. The lowest BCUT2D eigenvalue weighted by Gasteiger charge is -2.37. The molecule has 0 spiro atoms. The third-order valence-electron chi connectivity index (χ3n) is 4.35. The molecule has 0 saturated heterocycles. The molecule has 0 radical (unpaired) electrons. The quantitative estimate of drug-likeness (QED) is 0.690. The van der Waals surface area contributed by atoms with Gasteiger partial charge in [-0.2, -0.15) is 0 Å². The van der Waals surface area contributed by atoms with Gasteiger partial charge in [0.15, 0.2) is 0 Å². The number of aryl methyl sites for hydroxylation is 1. The summed E-state index contributed by atoms with van der Waals surface area (Å²) in [6.45, 7) is 6.51. The molecule has 2 rings (SSSR count). The molecule has 0 aromatic heterocycles. The zero-order chi connectivity index (χ0) is 11.8. The maximum Gasteiger partial charge on any atom is 0.131 e. The number of hydrogen-bond acceptors (Lipinski definition) is 1. The number of rotatable bonds is 2. The zero-order valence-electron chi connectivity index (χ0n) is 10.4. The normalized spacial score (nSPS) is 27.9. The molecule has 1 nitrogen and oxygen atoms in total. The number of carbonyl (C=O) groups excluding carboxylic acids is 1. The number of benzene rings is 1. The molecule has 1 fully saturated rings. The molecular formula is C15H20O. The monoisotopic (exact) mass is 216 g/mol. The first-order valence-electron chi connectivity index (χ1n) is 6.05. The number of hydrogen-bond donors (Lipinski definition) is 0. The molecule has 0 heterocycles. The van der Waals surface area contributed by atoms with E-state index in [-0.39, 0.29) is 10.8 Å². The Kier molecular flexibility index (Phi) is 2.65. The Hall–Kier alpha value is -1.11. The molecule has 1 aliphatic carbocycles.